The molecule has 1 amide bonds. The second kappa shape index (κ2) is 14.1. The molecule has 3 saturated heterocycles. The minimum Gasteiger partial charge on any atom is -0.387 e. The van der Waals surface area contributed by atoms with Crippen LogP contribution in [0.4, 0.5) is 0 Å². The van der Waals surface area contributed by atoms with Gasteiger partial charge in [0.25, 0.3) is 0 Å². The van der Waals surface area contributed by atoms with Gasteiger partial charge >= 0.3 is 0 Å². The standard InChI is InChI=1S/C31H41NO11/c1-18(33)32-22-25(24-21(40-29(22)36-4)17-39-31(2,3)43-24)41-30-27(38-16-20-13-9-6-10-14-20)23(34)26(28(35)42-30)37-15-19-11-7-5-8-12-19/h5-14,21-30,34-35H,15-17H2,1-4H3,(H,32,33)/t21-,22-,23-,24-,25-,26-,27-,28-,29-,30-/m1/s1. The number of rotatable bonds is 10. The summed E-state index contributed by atoms with van der Waals surface area (Å²) >= 11 is 0. The van der Waals surface area contributed by atoms with Gasteiger partial charge in [-0.15, -0.1) is 0 Å². The Morgan fingerprint density at radius 3 is 2.09 bits per heavy atom. The fraction of sp³-hybridized carbons (Fsp3) is 0.581. The van der Waals surface area contributed by atoms with Crippen molar-refractivity contribution in [3.8, 4) is 0 Å². The summed E-state index contributed by atoms with van der Waals surface area (Å²) in [4.78, 5) is 12.3. The van der Waals surface area contributed by atoms with Gasteiger partial charge in [-0.2, -0.15) is 0 Å². The SMILES string of the molecule is CO[C@@H]1O[C@@H]2COC(C)(C)O[C@H]2[C@H](O[C@@H]2O[C@@H](O)[C@H](OCc3ccccc3)[C@@H](O)[C@H]2OCc2ccccc2)[C@H]1NC(C)=O. The molecule has 43 heavy (non-hydrogen) atoms. The van der Waals surface area contributed by atoms with Crippen LogP contribution in [0.25, 0.3) is 0 Å². The molecule has 3 aliphatic rings. The van der Waals surface area contributed by atoms with Crippen LogP contribution in [-0.2, 0) is 55.9 Å². The highest BCUT2D eigenvalue weighted by molar-refractivity contribution is 5.73. The maximum Gasteiger partial charge on any atom is 0.217 e. The number of hydrogen-bond donors (Lipinski definition) is 3. The summed E-state index contributed by atoms with van der Waals surface area (Å²) in [5.41, 5.74) is 1.72. The molecule has 0 aromatic heterocycles. The number of aliphatic hydroxyl groups excluding tert-OH is 2. The highest BCUT2D eigenvalue weighted by Gasteiger charge is 2.56. The summed E-state index contributed by atoms with van der Waals surface area (Å²) in [5, 5.41) is 25.4. The molecule has 0 bridgehead atoms. The Bertz CT molecular complexity index is 1170. The molecule has 0 unspecified atom stereocenters. The van der Waals surface area contributed by atoms with Crippen molar-refractivity contribution in [3.05, 3.63) is 71.8 Å². The van der Waals surface area contributed by atoms with Gasteiger partial charge in [0, 0.05) is 14.0 Å². The number of benzene rings is 2. The van der Waals surface area contributed by atoms with Crippen LogP contribution in [-0.4, -0.2) is 97.2 Å². The number of fused-ring (bicyclic) bond motifs is 1. The third-order valence-electron chi connectivity index (χ3n) is 7.62. The molecule has 5 rings (SSSR count). The number of ether oxygens (including phenoxy) is 8. The quantitative estimate of drug-likeness (QED) is 0.364. The smallest absolute Gasteiger partial charge is 0.217 e. The predicted octanol–water partition coefficient (Wildman–Crippen LogP) is 1.61. The van der Waals surface area contributed by atoms with Gasteiger partial charge in [0.15, 0.2) is 24.7 Å². The number of carbonyl (C=O) groups is 1. The highest BCUT2D eigenvalue weighted by atomic mass is 16.8. The molecule has 12 nitrogen and oxygen atoms in total. The van der Waals surface area contributed by atoms with Crippen molar-refractivity contribution in [2.45, 2.75) is 101 Å². The zero-order valence-corrected chi connectivity index (χ0v) is 24.7. The Morgan fingerprint density at radius 2 is 1.51 bits per heavy atom. The van der Waals surface area contributed by atoms with Crippen LogP contribution in [0, 0.1) is 0 Å². The second-order valence-electron chi connectivity index (χ2n) is 11.3. The lowest BCUT2D eigenvalue weighted by molar-refractivity contribution is -0.404. The van der Waals surface area contributed by atoms with E-state index in [9.17, 15) is 15.0 Å². The van der Waals surface area contributed by atoms with Crippen LogP contribution in [0.15, 0.2) is 60.7 Å². The topological polar surface area (TPSA) is 143 Å². The molecule has 3 fully saturated rings. The molecular weight excluding hydrogens is 562 g/mol. The van der Waals surface area contributed by atoms with E-state index in [1.165, 1.54) is 14.0 Å². The van der Waals surface area contributed by atoms with Crippen molar-refractivity contribution in [2.75, 3.05) is 13.7 Å². The summed E-state index contributed by atoms with van der Waals surface area (Å²) in [7, 11) is 1.45. The van der Waals surface area contributed by atoms with E-state index in [4.69, 9.17) is 37.9 Å². The van der Waals surface area contributed by atoms with Crippen molar-refractivity contribution in [3.63, 3.8) is 0 Å². The first kappa shape index (κ1) is 31.9. The van der Waals surface area contributed by atoms with Crippen molar-refractivity contribution < 1.29 is 52.9 Å². The summed E-state index contributed by atoms with van der Waals surface area (Å²) in [6.45, 7) is 5.34. The molecule has 2 aromatic carbocycles. The molecule has 0 radical (unpaired) electrons. The molecule has 12 heteroatoms. The minimum atomic E-state index is -1.56. The van der Waals surface area contributed by atoms with E-state index in [1.807, 2.05) is 60.7 Å². The molecule has 3 aliphatic heterocycles. The molecule has 236 valence electrons. The van der Waals surface area contributed by atoms with E-state index >= 15 is 0 Å². The number of carbonyl (C=O) groups excluding carboxylic acids is 1. The average molecular weight is 604 g/mol. The first-order valence-electron chi connectivity index (χ1n) is 14.4. The van der Waals surface area contributed by atoms with Crippen LogP contribution in [0.2, 0.25) is 0 Å². The number of hydrogen-bond acceptors (Lipinski definition) is 11. The Labute approximate surface area is 251 Å². The predicted molar refractivity (Wildman–Crippen MR) is 150 cm³/mol. The highest BCUT2D eigenvalue weighted by Crippen LogP contribution is 2.37. The van der Waals surface area contributed by atoms with Gasteiger partial charge in [-0.1, -0.05) is 60.7 Å². The minimum absolute atomic E-state index is 0.125. The van der Waals surface area contributed by atoms with Gasteiger partial charge in [0.05, 0.1) is 19.8 Å². The number of aliphatic hydroxyl groups is 2. The lowest BCUT2D eigenvalue weighted by Crippen LogP contribution is -2.70. The van der Waals surface area contributed by atoms with Gasteiger partial charge < -0.3 is 53.4 Å². The van der Waals surface area contributed by atoms with Crippen LogP contribution in [0.5, 0.6) is 0 Å². The van der Waals surface area contributed by atoms with Crippen LogP contribution < -0.4 is 5.32 Å². The Kier molecular flexibility index (Phi) is 10.5. The van der Waals surface area contributed by atoms with Crippen LogP contribution in [0.3, 0.4) is 0 Å². The Morgan fingerprint density at radius 1 is 0.907 bits per heavy atom. The van der Waals surface area contributed by atoms with Crippen molar-refractivity contribution in [2.24, 2.45) is 0 Å². The zero-order valence-electron chi connectivity index (χ0n) is 24.7. The molecule has 0 aliphatic carbocycles. The van der Waals surface area contributed by atoms with Gasteiger partial charge in [-0.3, -0.25) is 4.79 Å². The molecule has 3 heterocycles. The van der Waals surface area contributed by atoms with Crippen molar-refractivity contribution in [1.29, 1.82) is 0 Å². The fourth-order valence-electron chi connectivity index (χ4n) is 5.54. The van der Waals surface area contributed by atoms with Crippen molar-refractivity contribution >= 4 is 5.91 Å². The summed E-state index contributed by atoms with van der Waals surface area (Å²) < 4.78 is 48.3. The third-order valence-corrected chi connectivity index (χ3v) is 7.62. The third kappa shape index (κ3) is 7.78. The zero-order chi connectivity index (χ0) is 30.6. The first-order chi connectivity index (χ1) is 20.6. The van der Waals surface area contributed by atoms with E-state index < -0.39 is 67.3 Å². The summed E-state index contributed by atoms with van der Waals surface area (Å²) in [6, 6.07) is 18.0. The maximum absolute atomic E-state index is 12.3. The maximum atomic E-state index is 12.3. The molecule has 10 atom stereocenters. The normalized spacial score (nSPS) is 35.6. The Balaban J connectivity index is 1.41. The van der Waals surface area contributed by atoms with E-state index in [2.05, 4.69) is 5.32 Å². The molecule has 0 saturated carbocycles. The lowest BCUT2D eigenvalue weighted by Gasteiger charge is -2.52. The number of amides is 1. The van der Waals surface area contributed by atoms with Gasteiger partial charge in [0.2, 0.25) is 5.91 Å². The van der Waals surface area contributed by atoms with Crippen molar-refractivity contribution in [1.82, 2.24) is 5.32 Å². The molecule has 2 aromatic rings. The molecule has 0 spiro atoms. The van der Waals surface area contributed by atoms with Gasteiger partial charge in [-0.25, -0.2) is 0 Å². The number of methoxy groups -OCH3 is 1. The largest absolute Gasteiger partial charge is 0.387 e. The van der Waals surface area contributed by atoms with Crippen LogP contribution in [0.1, 0.15) is 31.9 Å². The summed E-state index contributed by atoms with van der Waals surface area (Å²) in [5.74, 6) is -1.32. The summed E-state index contributed by atoms with van der Waals surface area (Å²) in [6.07, 6.45) is -9.59. The Hall–Kier alpha value is -2.49. The van der Waals surface area contributed by atoms with E-state index in [1.54, 1.807) is 13.8 Å². The van der Waals surface area contributed by atoms with E-state index in [0.29, 0.717) is 0 Å². The number of nitrogens with one attached hydrogen (secondary N) is 1. The fourth-order valence-corrected chi connectivity index (χ4v) is 5.54. The second-order valence-corrected chi connectivity index (χ2v) is 11.3. The lowest BCUT2D eigenvalue weighted by atomic mass is 9.94. The average Bonchev–Trinajstić information content (AvgIpc) is 2.98. The molecular formula is C31H41NO11. The van der Waals surface area contributed by atoms with E-state index in [-0.39, 0.29) is 25.7 Å². The van der Waals surface area contributed by atoms with Crippen LogP contribution >= 0.6 is 0 Å². The first-order valence-corrected chi connectivity index (χ1v) is 14.4. The van der Waals surface area contributed by atoms with Gasteiger partial charge in [0.1, 0.15) is 42.7 Å². The van der Waals surface area contributed by atoms with E-state index in [0.717, 1.165) is 11.1 Å². The molecule has 3 N–H and O–H groups in total. The monoisotopic (exact) mass is 603 g/mol. The van der Waals surface area contributed by atoms with Gasteiger partial charge in [-0.05, 0) is 25.0 Å².